The molecule has 1 nitrogen and oxygen atoms in total. The van der Waals surface area contributed by atoms with E-state index in [2.05, 4.69) is 68.3 Å². The molecule has 0 atom stereocenters. The monoisotopic (exact) mass is 620 g/mol. The molecule has 0 saturated heterocycles. The summed E-state index contributed by atoms with van der Waals surface area (Å²) in [7, 11) is -2.06. The first kappa shape index (κ1) is 11.0. The Morgan fingerprint density at radius 3 is 1.62 bits per heavy atom. The van der Waals surface area contributed by atoms with Crippen molar-refractivity contribution in [1.82, 2.24) is 0 Å². The summed E-state index contributed by atoms with van der Waals surface area (Å²) in [5, 5.41) is 0. The Morgan fingerprint density at radius 1 is 1.25 bits per heavy atom. The zero-order chi connectivity index (χ0) is 6.78. The average molecular weight is 618 g/mol. The molecule has 0 radical (unpaired) electrons. The topological polar surface area (TPSA) is 9.23 Å². The van der Waals surface area contributed by atoms with Crippen molar-refractivity contribution < 1.29 is 10.8 Å². The van der Waals surface area contributed by atoms with Crippen molar-refractivity contribution in [2.24, 2.45) is 0 Å². The van der Waals surface area contributed by atoms with E-state index < -0.39 is 7.94 Å². The van der Waals surface area contributed by atoms with Gasteiger partial charge in [-0.1, -0.05) is 0 Å². The SMILES string of the molecule is CC(C)[O][Hf]([I])([I])[I]. The molecule has 0 saturated carbocycles. The molecule has 0 aliphatic heterocycles. The molecule has 8 heavy (non-hydrogen) atoms. The van der Waals surface area contributed by atoms with Gasteiger partial charge >= 0.3 is 85.2 Å². The van der Waals surface area contributed by atoms with Gasteiger partial charge in [0.15, 0.2) is 0 Å². The van der Waals surface area contributed by atoms with Gasteiger partial charge in [-0.3, -0.25) is 0 Å². The molecule has 0 aromatic carbocycles. The Balaban J connectivity index is 3.39. The van der Waals surface area contributed by atoms with E-state index in [1.807, 2.05) is 0 Å². The van der Waals surface area contributed by atoms with E-state index in [-0.39, 0.29) is 0 Å². The Labute approximate surface area is 82.9 Å². The van der Waals surface area contributed by atoms with Gasteiger partial charge in [0, 0.05) is 0 Å². The van der Waals surface area contributed by atoms with Crippen molar-refractivity contribution in [3.05, 3.63) is 0 Å². The summed E-state index contributed by atoms with van der Waals surface area (Å²) in [5.74, 6) is 0. The second-order valence-electron chi connectivity index (χ2n) is 1.61. The predicted molar refractivity (Wildman–Crippen MR) is 58.3 cm³/mol. The molecule has 0 aliphatic carbocycles. The molecule has 0 spiro atoms. The van der Waals surface area contributed by atoms with Gasteiger partial charge in [0.05, 0.1) is 0 Å². The third-order valence-electron chi connectivity index (χ3n) is 0.369. The second kappa shape index (κ2) is 4.81. The third-order valence-corrected chi connectivity index (χ3v) is 9.27. The van der Waals surface area contributed by atoms with Gasteiger partial charge in [-0.05, 0) is 0 Å². The maximum atomic E-state index is 5.62. The number of rotatable bonds is 2. The second-order valence-corrected chi connectivity index (χ2v) is 93.7. The summed E-state index contributed by atoms with van der Waals surface area (Å²) < 4.78 is 5.62. The fraction of sp³-hybridized carbons (Fsp3) is 1.00. The molecule has 0 heterocycles. The summed E-state index contributed by atoms with van der Waals surface area (Å²) in [4.78, 5) is 0. The molecule has 5 heteroatoms. The van der Waals surface area contributed by atoms with Crippen molar-refractivity contribution >= 4 is 54.4 Å². The number of halogens is 3. The van der Waals surface area contributed by atoms with E-state index in [0.29, 0.717) is 6.10 Å². The summed E-state index contributed by atoms with van der Waals surface area (Å²) >= 11 is 7.40. The van der Waals surface area contributed by atoms with Crippen LogP contribution in [-0.2, 0) is 10.8 Å². The van der Waals surface area contributed by atoms with Crippen LogP contribution in [0.1, 0.15) is 13.8 Å². The van der Waals surface area contributed by atoms with Crippen molar-refractivity contribution in [1.29, 1.82) is 0 Å². The molecule has 0 amide bonds. The van der Waals surface area contributed by atoms with Crippen molar-refractivity contribution in [3.8, 4) is 0 Å². The zero-order valence-electron chi connectivity index (χ0n) is 4.62. The Bertz CT molecular complexity index is 69.4. The van der Waals surface area contributed by atoms with Gasteiger partial charge in [-0.25, -0.2) is 0 Å². The van der Waals surface area contributed by atoms with E-state index in [4.69, 9.17) is 2.85 Å². The van der Waals surface area contributed by atoms with Crippen LogP contribution in [0.4, 0.5) is 0 Å². The molecule has 0 bridgehead atoms. The van der Waals surface area contributed by atoms with E-state index in [9.17, 15) is 0 Å². The normalized spacial score (nSPS) is 12.8. The summed E-state index contributed by atoms with van der Waals surface area (Å²) in [5.41, 5.74) is 0. The minimum absolute atomic E-state index is 0.419. The van der Waals surface area contributed by atoms with Crippen LogP contribution in [0.5, 0.6) is 0 Å². The minimum atomic E-state index is -2.06. The summed E-state index contributed by atoms with van der Waals surface area (Å²) in [6.45, 7) is 4.18. The van der Waals surface area contributed by atoms with Gasteiger partial charge in [0.1, 0.15) is 0 Å². The van der Waals surface area contributed by atoms with Crippen molar-refractivity contribution in [2.75, 3.05) is 0 Å². The quantitative estimate of drug-likeness (QED) is 0.340. The standard InChI is InChI=1S/C3H7O.Hf.3HI/c1-3(2)4;;;;/h3H,1-2H3;;3*1H/q-1;+4;;;/p-3. The molecule has 0 aromatic heterocycles. The van der Waals surface area contributed by atoms with Crippen LogP contribution in [0, 0.1) is 0 Å². The molecule has 0 unspecified atom stereocenters. The fourth-order valence-corrected chi connectivity index (χ4v) is 14.7. The van der Waals surface area contributed by atoms with Gasteiger partial charge in [0.25, 0.3) is 0 Å². The van der Waals surface area contributed by atoms with Crippen LogP contribution in [0.3, 0.4) is 0 Å². The van der Waals surface area contributed by atoms with Gasteiger partial charge in [-0.15, -0.1) is 0 Å². The molecular weight excluding hydrogens is 611 g/mol. The van der Waals surface area contributed by atoms with Crippen LogP contribution in [0.25, 0.3) is 0 Å². The number of hydrogen-bond acceptors (Lipinski definition) is 1. The van der Waals surface area contributed by atoms with E-state index in [0.717, 1.165) is 0 Å². The van der Waals surface area contributed by atoms with E-state index in [1.165, 1.54) is 0 Å². The molecule has 50 valence electrons. The third kappa shape index (κ3) is 9.02. The van der Waals surface area contributed by atoms with E-state index >= 15 is 0 Å². The summed E-state index contributed by atoms with van der Waals surface area (Å²) in [6, 6.07) is 0. The van der Waals surface area contributed by atoms with Crippen LogP contribution in [-0.4, -0.2) is 6.10 Å². The summed E-state index contributed by atoms with van der Waals surface area (Å²) in [6.07, 6.45) is 0.419. The number of hydrogen-bond donors (Lipinski definition) is 0. The Kier molecular flexibility index (Phi) is 6.62. The van der Waals surface area contributed by atoms with Crippen LogP contribution in [0.15, 0.2) is 0 Å². The first-order chi connectivity index (χ1) is 3.42. The Hall–Kier alpha value is 3.02. The van der Waals surface area contributed by atoms with Crippen LogP contribution in [0.2, 0.25) is 0 Å². The van der Waals surface area contributed by atoms with Crippen molar-refractivity contribution in [3.63, 3.8) is 0 Å². The predicted octanol–water partition coefficient (Wildman–Crippen LogP) is 3.53. The molecular formula is C3H7HfI3O. The average Bonchev–Trinajstić information content (AvgIpc) is 1.21. The Morgan fingerprint density at radius 2 is 1.62 bits per heavy atom. The fourth-order valence-electron chi connectivity index (χ4n) is 0.267. The van der Waals surface area contributed by atoms with Crippen LogP contribution >= 0.6 is 54.4 Å². The first-order valence-electron chi connectivity index (χ1n) is 2.16. The van der Waals surface area contributed by atoms with E-state index in [1.54, 1.807) is 0 Å². The first-order valence-corrected chi connectivity index (χ1v) is 34.2. The molecule has 0 rings (SSSR count). The molecule has 0 aliphatic rings. The molecule has 0 N–H and O–H groups in total. The van der Waals surface area contributed by atoms with Gasteiger partial charge in [-0.2, -0.15) is 0 Å². The maximum absolute atomic E-state index is 5.62. The van der Waals surface area contributed by atoms with Gasteiger partial charge < -0.3 is 0 Å². The molecule has 0 fully saturated rings. The molecule has 0 aromatic rings. The van der Waals surface area contributed by atoms with Gasteiger partial charge in [0.2, 0.25) is 0 Å². The van der Waals surface area contributed by atoms with Crippen LogP contribution < -0.4 is 0 Å². The van der Waals surface area contributed by atoms with Crippen molar-refractivity contribution in [2.45, 2.75) is 20.0 Å². The zero-order valence-corrected chi connectivity index (χ0v) is 14.7.